The third kappa shape index (κ3) is 4.14. The van der Waals surface area contributed by atoms with Crippen molar-refractivity contribution in [1.29, 1.82) is 0 Å². The van der Waals surface area contributed by atoms with Gasteiger partial charge in [-0.2, -0.15) is 0 Å². The molecule has 0 spiro atoms. The van der Waals surface area contributed by atoms with E-state index < -0.39 is 0 Å². The lowest BCUT2D eigenvalue weighted by atomic mass is 9.86. The molecule has 1 aromatic heterocycles. The molecule has 1 N–H and O–H groups in total. The Labute approximate surface area is 136 Å². The normalized spacial score (nSPS) is 13.2. The van der Waals surface area contributed by atoms with Crippen LogP contribution in [0, 0.1) is 0 Å². The number of halogens is 1. The molecular weight excluding hydrogens is 324 g/mol. The van der Waals surface area contributed by atoms with E-state index in [1.54, 1.807) is 0 Å². The Morgan fingerprint density at radius 3 is 2.24 bits per heavy atom. The highest BCUT2D eigenvalue weighted by molar-refractivity contribution is 9.10. The van der Waals surface area contributed by atoms with Crippen molar-refractivity contribution in [2.45, 2.75) is 39.2 Å². The maximum absolute atomic E-state index is 4.54. The summed E-state index contributed by atoms with van der Waals surface area (Å²) in [6.07, 6.45) is 1.85. The van der Waals surface area contributed by atoms with E-state index in [0.717, 1.165) is 16.7 Å². The minimum absolute atomic E-state index is 0.136. The summed E-state index contributed by atoms with van der Waals surface area (Å²) >= 11 is 3.44. The van der Waals surface area contributed by atoms with Gasteiger partial charge in [0.05, 0.1) is 11.7 Å². The van der Waals surface area contributed by atoms with E-state index in [9.17, 15) is 0 Å². The van der Waals surface area contributed by atoms with Gasteiger partial charge in [-0.25, -0.2) is 0 Å². The standard InChI is InChI=1S/C18H23BrN2/c1-5-20-17(16-11-10-15(19)12-21-16)13-6-8-14(9-7-13)18(2,3)4/h6-12,17,20H,5H2,1-4H3. The van der Waals surface area contributed by atoms with Crippen LogP contribution >= 0.6 is 15.9 Å². The van der Waals surface area contributed by atoms with Crippen molar-refractivity contribution in [2.24, 2.45) is 0 Å². The van der Waals surface area contributed by atoms with Crippen LogP contribution in [0.4, 0.5) is 0 Å². The quantitative estimate of drug-likeness (QED) is 0.856. The Morgan fingerprint density at radius 2 is 1.76 bits per heavy atom. The highest BCUT2D eigenvalue weighted by Crippen LogP contribution is 2.26. The number of hydrogen-bond acceptors (Lipinski definition) is 2. The molecule has 0 aliphatic carbocycles. The average molecular weight is 347 g/mol. The monoisotopic (exact) mass is 346 g/mol. The Bertz CT molecular complexity index is 568. The van der Waals surface area contributed by atoms with Crippen LogP contribution in [0.2, 0.25) is 0 Å². The maximum Gasteiger partial charge on any atom is 0.0751 e. The second-order valence-electron chi connectivity index (χ2n) is 6.26. The molecule has 1 heterocycles. The predicted molar refractivity (Wildman–Crippen MR) is 92.6 cm³/mol. The van der Waals surface area contributed by atoms with Crippen molar-refractivity contribution in [1.82, 2.24) is 10.3 Å². The van der Waals surface area contributed by atoms with E-state index >= 15 is 0 Å². The molecule has 112 valence electrons. The molecule has 2 nitrogen and oxygen atoms in total. The Morgan fingerprint density at radius 1 is 1.10 bits per heavy atom. The van der Waals surface area contributed by atoms with Crippen molar-refractivity contribution < 1.29 is 0 Å². The molecule has 2 rings (SSSR count). The number of pyridine rings is 1. The first-order chi connectivity index (χ1) is 9.91. The third-order valence-corrected chi connectivity index (χ3v) is 4.03. The van der Waals surface area contributed by atoms with Crippen molar-refractivity contribution in [2.75, 3.05) is 6.54 Å². The number of benzene rings is 1. The van der Waals surface area contributed by atoms with Gasteiger partial charge in [0.2, 0.25) is 0 Å². The predicted octanol–water partition coefficient (Wildman–Crippen LogP) is 4.84. The maximum atomic E-state index is 4.54. The molecule has 2 aromatic rings. The van der Waals surface area contributed by atoms with Gasteiger partial charge in [-0.15, -0.1) is 0 Å². The van der Waals surface area contributed by atoms with Gasteiger partial charge in [0.1, 0.15) is 0 Å². The van der Waals surface area contributed by atoms with E-state index in [1.165, 1.54) is 11.1 Å². The van der Waals surface area contributed by atoms with Crippen LogP contribution in [0.25, 0.3) is 0 Å². The Hall–Kier alpha value is -1.19. The summed E-state index contributed by atoms with van der Waals surface area (Å²) in [6, 6.07) is 13.1. The van der Waals surface area contributed by atoms with Gasteiger partial charge < -0.3 is 5.32 Å². The molecule has 0 fully saturated rings. The SMILES string of the molecule is CCNC(c1ccc(C(C)(C)C)cc1)c1ccc(Br)cn1. The fourth-order valence-corrected chi connectivity index (χ4v) is 2.57. The van der Waals surface area contributed by atoms with Gasteiger partial charge in [-0.05, 0) is 51.1 Å². The second kappa shape index (κ2) is 6.71. The summed E-state index contributed by atoms with van der Waals surface area (Å²) in [5.74, 6) is 0. The summed E-state index contributed by atoms with van der Waals surface area (Å²) in [5, 5.41) is 3.52. The second-order valence-corrected chi connectivity index (χ2v) is 7.18. The fourth-order valence-electron chi connectivity index (χ4n) is 2.33. The Kier molecular flexibility index (Phi) is 5.17. The molecule has 0 saturated heterocycles. The molecule has 0 amide bonds. The third-order valence-electron chi connectivity index (χ3n) is 3.56. The highest BCUT2D eigenvalue weighted by Gasteiger charge is 2.17. The summed E-state index contributed by atoms with van der Waals surface area (Å²) in [4.78, 5) is 4.54. The van der Waals surface area contributed by atoms with Gasteiger partial charge >= 0.3 is 0 Å². The van der Waals surface area contributed by atoms with E-state index in [2.05, 4.69) is 84.3 Å². The van der Waals surface area contributed by atoms with Crippen LogP contribution in [-0.2, 0) is 5.41 Å². The summed E-state index contributed by atoms with van der Waals surface area (Å²) < 4.78 is 1.00. The minimum Gasteiger partial charge on any atom is -0.305 e. The molecule has 3 heteroatoms. The van der Waals surface area contributed by atoms with Crippen LogP contribution < -0.4 is 5.32 Å². The first-order valence-corrected chi connectivity index (χ1v) is 8.16. The number of hydrogen-bond donors (Lipinski definition) is 1. The van der Waals surface area contributed by atoms with Crippen LogP contribution in [0.15, 0.2) is 47.1 Å². The molecule has 0 saturated carbocycles. The summed E-state index contributed by atoms with van der Waals surface area (Å²) in [7, 11) is 0. The highest BCUT2D eigenvalue weighted by atomic mass is 79.9. The summed E-state index contributed by atoms with van der Waals surface area (Å²) in [5.41, 5.74) is 3.83. The number of nitrogens with one attached hydrogen (secondary N) is 1. The smallest absolute Gasteiger partial charge is 0.0751 e. The average Bonchev–Trinajstić information content (AvgIpc) is 2.45. The minimum atomic E-state index is 0.136. The number of nitrogens with zero attached hydrogens (tertiary/aromatic N) is 1. The largest absolute Gasteiger partial charge is 0.305 e. The molecule has 0 aliphatic rings. The van der Waals surface area contributed by atoms with Crippen molar-refractivity contribution in [3.63, 3.8) is 0 Å². The molecular formula is C18H23BrN2. The van der Waals surface area contributed by atoms with E-state index in [-0.39, 0.29) is 11.5 Å². The lowest BCUT2D eigenvalue weighted by Gasteiger charge is -2.22. The topological polar surface area (TPSA) is 24.9 Å². The Balaban J connectivity index is 2.32. The first kappa shape index (κ1) is 16.2. The lowest BCUT2D eigenvalue weighted by Crippen LogP contribution is -2.23. The molecule has 0 radical (unpaired) electrons. The zero-order valence-corrected chi connectivity index (χ0v) is 14.7. The van der Waals surface area contributed by atoms with Gasteiger partial charge in [0.15, 0.2) is 0 Å². The molecule has 1 aromatic carbocycles. The molecule has 1 unspecified atom stereocenters. The molecule has 0 aliphatic heterocycles. The zero-order chi connectivity index (χ0) is 15.5. The van der Waals surface area contributed by atoms with Crippen LogP contribution in [0.5, 0.6) is 0 Å². The van der Waals surface area contributed by atoms with Gasteiger partial charge in [0.25, 0.3) is 0 Å². The van der Waals surface area contributed by atoms with Crippen LogP contribution in [0.1, 0.15) is 50.6 Å². The number of rotatable bonds is 4. The summed E-state index contributed by atoms with van der Waals surface area (Å²) in [6.45, 7) is 9.74. The van der Waals surface area contributed by atoms with Gasteiger partial charge in [-0.3, -0.25) is 4.98 Å². The van der Waals surface area contributed by atoms with Gasteiger partial charge in [0, 0.05) is 10.7 Å². The fraction of sp³-hybridized carbons (Fsp3) is 0.389. The molecule has 21 heavy (non-hydrogen) atoms. The van der Waals surface area contributed by atoms with E-state index in [0.29, 0.717) is 0 Å². The van der Waals surface area contributed by atoms with Crippen LogP contribution in [-0.4, -0.2) is 11.5 Å². The lowest BCUT2D eigenvalue weighted by molar-refractivity contribution is 0.586. The van der Waals surface area contributed by atoms with Crippen molar-refractivity contribution >= 4 is 15.9 Å². The van der Waals surface area contributed by atoms with E-state index in [1.807, 2.05) is 12.3 Å². The van der Waals surface area contributed by atoms with E-state index in [4.69, 9.17) is 0 Å². The first-order valence-electron chi connectivity index (χ1n) is 7.37. The zero-order valence-electron chi connectivity index (χ0n) is 13.2. The van der Waals surface area contributed by atoms with Crippen molar-refractivity contribution in [3.8, 4) is 0 Å². The van der Waals surface area contributed by atoms with Crippen molar-refractivity contribution in [3.05, 3.63) is 63.9 Å². The van der Waals surface area contributed by atoms with Crippen LogP contribution in [0.3, 0.4) is 0 Å². The van der Waals surface area contributed by atoms with Gasteiger partial charge in [-0.1, -0.05) is 52.0 Å². The molecule has 0 bridgehead atoms. The molecule has 1 atom stereocenters. The number of aromatic nitrogens is 1.